The Morgan fingerprint density at radius 3 is 1.43 bits per heavy atom. The second-order valence-electron chi connectivity index (χ2n) is 15.3. The fourth-order valence-electron chi connectivity index (χ4n) is 8.77. The lowest BCUT2D eigenvalue weighted by atomic mass is 9.90. The first-order valence-electron chi connectivity index (χ1n) is 20.5. The van der Waals surface area contributed by atoms with E-state index < -0.39 is 0 Å². The van der Waals surface area contributed by atoms with Gasteiger partial charge in [-0.05, 0) is 97.2 Å². The Morgan fingerprint density at radius 1 is 0.283 bits per heavy atom. The largest absolute Gasteiger partial charge is 0.453 e. The third-order valence-corrected chi connectivity index (χ3v) is 11.7. The van der Waals surface area contributed by atoms with Crippen LogP contribution < -0.4 is 4.90 Å². The van der Waals surface area contributed by atoms with Gasteiger partial charge in [-0.1, -0.05) is 200 Å². The van der Waals surface area contributed by atoms with E-state index in [0.717, 1.165) is 66.8 Å². The molecule has 0 fully saturated rings. The summed E-state index contributed by atoms with van der Waals surface area (Å²) < 4.78 is 7.13. The number of benzene rings is 10. The van der Waals surface area contributed by atoms with E-state index in [1.165, 1.54) is 38.6 Å². The molecular formula is C58H39NO. The van der Waals surface area contributed by atoms with Gasteiger partial charge >= 0.3 is 0 Å². The molecule has 0 N–H and O–H groups in total. The van der Waals surface area contributed by atoms with Gasteiger partial charge in [0, 0.05) is 27.7 Å². The summed E-state index contributed by atoms with van der Waals surface area (Å²) in [6.45, 7) is 0. The second-order valence-corrected chi connectivity index (χ2v) is 15.3. The summed E-state index contributed by atoms with van der Waals surface area (Å²) in [6.07, 6.45) is 0. The molecule has 10 aromatic carbocycles. The van der Waals surface area contributed by atoms with Crippen LogP contribution in [0.25, 0.3) is 88.3 Å². The molecule has 1 aromatic heterocycles. The number of hydrogen-bond acceptors (Lipinski definition) is 2. The summed E-state index contributed by atoms with van der Waals surface area (Å²) in [6, 6.07) is 84.7. The topological polar surface area (TPSA) is 16.4 Å². The molecule has 11 aromatic rings. The van der Waals surface area contributed by atoms with E-state index in [1.54, 1.807) is 0 Å². The molecular weight excluding hydrogens is 727 g/mol. The maximum absolute atomic E-state index is 7.13. The van der Waals surface area contributed by atoms with Crippen molar-refractivity contribution >= 4 is 49.8 Å². The van der Waals surface area contributed by atoms with Crippen LogP contribution >= 0.6 is 0 Å². The van der Waals surface area contributed by atoms with Crippen molar-refractivity contribution in [2.75, 3.05) is 4.90 Å². The van der Waals surface area contributed by atoms with Crippen molar-refractivity contribution in [3.63, 3.8) is 0 Å². The average Bonchev–Trinajstić information content (AvgIpc) is 3.72. The quantitative estimate of drug-likeness (QED) is 0.153. The highest BCUT2D eigenvalue weighted by molar-refractivity contribution is 6.15. The van der Waals surface area contributed by atoms with Gasteiger partial charge < -0.3 is 9.32 Å². The maximum Gasteiger partial charge on any atom is 0.159 e. The van der Waals surface area contributed by atoms with Crippen LogP contribution in [0.5, 0.6) is 0 Å². The number of rotatable bonds is 8. The van der Waals surface area contributed by atoms with Crippen LogP contribution in [0.1, 0.15) is 0 Å². The van der Waals surface area contributed by atoms with Crippen molar-refractivity contribution in [2.24, 2.45) is 0 Å². The van der Waals surface area contributed by atoms with Gasteiger partial charge in [-0.25, -0.2) is 0 Å². The van der Waals surface area contributed by atoms with Gasteiger partial charge in [0.2, 0.25) is 0 Å². The average molecular weight is 766 g/mol. The normalized spacial score (nSPS) is 11.3. The first-order chi connectivity index (χ1) is 29.8. The zero-order chi connectivity index (χ0) is 39.8. The monoisotopic (exact) mass is 765 g/mol. The first kappa shape index (κ1) is 35.2. The predicted octanol–water partition coefficient (Wildman–Crippen LogP) is 16.5. The van der Waals surface area contributed by atoms with Crippen LogP contribution in [0, 0.1) is 0 Å². The first-order valence-corrected chi connectivity index (χ1v) is 20.5. The Balaban J connectivity index is 1.14. The molecule has 0 saturated carbocycles. The van der Waals surface area contributed by atoms with Crippen LogP contribution in [0.15, 0.2) is 241 Å². The lowest BCUT2D eigenvalue weighted by molar-refractivity contribution is 0.670. The smallest absolute Gasteiger partial charge is 0.159 e. The minimum Gasteiger partial charge on any atom is -0.453 e. The van der Waals surface area contributed by atoms with Gasteiger partial charge in [0.05, 0.1) is 5.69 Å². The molecule has 0 saturated heterocycles. The maximum atomic E-state index is 7.13. The van der Waals surface area contributed by atoms with Crippen LogP contribution in [-0.2, 0) is 0 Å². The Kier molecular flexibility index (Phi) is 8.87. The van der Waals surface area contributed by atoms with Crippen molar-refractivity contribution in [3.05, 3.63) is 237 Å². The molecule has 2 nitrogen and oxygen atoms in total. The number of para-hydroxylation sites is 1. The fraction of sp³-hybridized carbons (Fsp3) is 0. The summed E-state index contributed by atoms with van der Waals surface area (Å²) in [5.41, 5.74) is 16.4. The molecule has 1 heterocycles. The third kappa shape index (κ3) is 6.32. The van der Waals surface area contributed by atoms with Gasteiger partial charge in [-0.15, -0.1) is 0 Å². The van der Waals surface area contributed by atoms with E-state index in [0.29, 0.717) is 0 Å². The highest BCUT2D eigenvalue weighted by Gasteiger charge is 2.23. The molecule has 0 spiro atoms. The molecule has 0 bridgehead atoms. The number of furan rings is 1. The molecule has 0 aliphatic rings. The zero-order valence-corrected chi connectivity index (χ0v) is 32.9. The van der Waals surface area contributed by atoms with E-state index in [-0.39, 0.29) is 0 Å². The van der Waals surface area contributed by atoms with Crippen LogP contribution in [0.3, 0.4) is 0 Å². The van der Waals surface area contributed by atoms with Crippen molar-refractivity contribution < 1.29 is 4.42 Å². The summed E-state index contributed by atoms with van der Waals surface area (Å²) in [7, 11) is 0. The number of hydrogen-bond donors (Lipinski definition) is 0. The minimum absolute atomic E-state index is 0.838. The Morgan fingerprint density at radius 2 is 0.783 bits per heavy atom. The highest BCUT2D eigenvalue weighted by atomic mass is 16.3. The SMILES string of the molecule is c1ccc(-c2ccc(N(c3ccc(-c4ccc5ccccc5c4-c4ccccc4)cc3)c3cc(-c4ccccc4)cc4c3oc3c(-c5ccccc5)cccc34)cc2)cc1. The highest BCUT2D eigenvalue weighted by Crippen LogP contribution is 2.47. The van der Waals surface area contributed by atoms with Gasteiger partial charge in [0.25, 0.3) is 0 Å². The van der Waals surface area contributed by atoms with Gasteiger partial charge in [0.1, 0.15) is 5.58 Å². The molecule has 0 aliphatic carbocycles. The predicted molar refractivity (Wildman–Crippen MR) is 253 cm³/mol. The lowest BCUT2D eigenvalue weighted by Gasteiger charge is -2.27. The molecule has 282 valence electrons. The van der Waals surface area contributed by atoms with E-state index in [9.17, 15) is 0 Å². The summed E-state index contributed by atoms with van der Waals surface area (Å²) >= 11 is 0. The second kappa shape index (κ2) is 15.1. The van der Waals surface area contributed by atoms with Gasteiger partial charge in [-0.2, -0.15) is 0 Å². The van der Waals surface area contributed by atoms with E-state index in [4.69, 9.17) is 4.42 Å². The van der Waals surface area contributed by atoms with Crippen LogP contribution in [-0.4, -0.2) is 0 Å². The van der Waals surface area contributed by atoms with Crippen LogP contribution in [0.2, 0.25) is 0 Å². The standard InChI is InChI=1S/C58H39NO/c1-5-16-40(17-6-1)42-28-33-48(34-29-42)59(49-35-30-45(31-36-49)51-37-32-44-22-13-14-25-50(44)56(51)46-23-11-4-12-24-46)55-39-47(41-18-7-2-8-19-41)38-54-53-27-15-26-52(57(53)60-58(54)55)43-20-9-3-10-21-43/h1-39H. The van der Waals surface area contributed by atoms with Crippen molar-refractivity contribution in [2.45, 2.75) is 0 Å². The summed E-state index contributed by atoms with van der Waals surface area (Å²) in [5.74, 6) is 0. The molecule has 0 radical (unpaired) electrons. The van der Waals surface area contributed by atoms with Crippen molar-refractivity contribution in [1.82, 2.24) is 0 Å². The Labute approximate surface area is 349 Å². The molecule has 0 aliphatic heterocycles. The Bertz CT molecular complexity index is 3260. The van der Waals surface area contributed by atoms with E-state index >= 15 is 0 Å². The fourth-order valence-corrected chi connectivity index (χ4v) is 8.77. The molecule has 0 amide bonds. The van der Waals surface area contributed by atoms with Crippen molar-refractivity contribution in [3.8, 4) is 55.6 Å². The van der Waals surface area contributed by atoms with Gasteiger partial charge in [-0.3, -0.25) is 0 Å². The zero-order valence-electron chi connectivity index (χ0n) is 32.9. The van der Waals surface area contributed by atoms with Crippen molar-refractivity contribution in [1.29, 1.82) is 0 Å². The number of anilines is 3. The third-order valence-electron chi connectivity index (χ3n) is 11.7. The Hall–Kier alpha value is -7.94. The molecule has 11 rings (SSSR count). The van der Waals surface area contributed by atoms with E-state index in [1.807, 2.05) is 0 Å². The minimum atomic E-state index is 0.838. The molecule has 60 heavy (non-hydrogen) atoms. The summed E-state index contributed by atoms with van der Waals surface area (Å²) in [5, 5.41) is 4.63. The number of fused-ring (bicyclic) bond motifs is 4. The molecule has 0 unspecified atom stereocenters. The molecule has 0 atom stereocenters. The summed E-state index contributed by atoms with van der Waals surface area (Å²) in [4.78, 5) is 2.36. The number of nitrogens with zero attached hydrogens (tertiary/aromatic N) is 1. The van der Waals surface area contributed by atoms with Crippen LogP contribution in [0.4, 0.5) is 17.1 Å². The molecule has 2 heteroatoms. The lowest BCUT2D eigenvalue weighted by Crippen LogP contribution is -2.10. The van der Waals surface area contributed by atoms with Gasteiger partial charge in [0.15, 0.2) is 5.58 Å². The van der Waals surface area contributed by atoms with E-state index in [2.05, 4.69) is 241 Å².